The van der Waals surface area contributed by atoms with Gasteiger partial charge in [-0.25, -0.2) is 5.43 Å². The van der Waals surface area contributed by atoms with E-state index < -0.39 is 0 Å². The molecule has 0 aliphatic carbocycles. The van der Waals surface area contributed by atoms with Gasteiger partial charge in [-0.1, -0.05) is 65.9 Å². The molecule has 0 spiro atoms. The first-order valence-corrected chi connectivity index (χ1v) is 9.08. The first kappa shape index (κ1) is 16.3. The van der Waals surface area contributed by atoms with E-state index in [1.165, 1.54) is 0 Å². The third-order valence-electron chi connectivity index (χ3n) is 4.22. The molecule has 1 amide bonds. The van der Waals surface area contributed by atoms with Crippen molar-refractivity contribution in [1.29, 1.82) is 0 Å². The third kappa shape index (κ3) is 3.17. The fourth-order valence-corrected chi connectivity index (χ4v) is 3.78. The minimum atomic E-state index is -0.220. The van der Waals surface area contributed by atoms with Gasteiger partial charge in [-0.15, -0.1) is 5.10 Å². The molecule has 0 unspecified atom stereocenters. The second kappa shape index (κ2) is 6.98. The van der Waals surface area contributed by atoms with Crippen LogP contribution < -0.4 is 10.2 Å². The molecule has 0 atom stereocenters. The molecule has 5 heteroatoms. The summed E-state index contributed by atoms with van der Waals surface area (Å²) < 4.78 is 3.11. The number of carbonyl (C=O) groups excluding carboxylic acids is 1. The highest BCUT2D eigenvalue weighted by Gasteiger charge is 2.06. The van der Waals surface area contributed by atoms with Crippen molar-refractivity contribution in [3.63, 3.8) is 0 Å². The lowest BCUT2D eigenvalue weighted by atomic mass is 10.0. The van der Waals surface area contributed by atoms with E-state index in [2.05, 4.69) is 10.5 Å². The monoisotopic (exact) mass is 359 g/mol. The van der Waals surface area contributed by atoms with Crippen LogP contribution >= 0.6 is 11.3 Å². The largest absolute Gasteiger partial charge is 0.318 e. The molecule has 1 heterocycles. The van der Waals surface area contributed by atoms with Gasteiger partial charge in [-0.05, 0) is 35.4 Å². The summed E-state index contributed by atoms with van der Waals surface area (Å²) in [5.41, 5.74) is 6.53. The van der Waals surface area contributed by atoms with Crippen LogP contribution in [0.2, 0.25) is 0 Å². The van der Waals surface area contributed by atoms with E-state index in [0.717, 1.165) is 26.1 Å². The predicted octanol–water partition coefficient (Wildman–Crippen LogP) is 4.15. The number of hydrogen-bond donors (Lipinski definition) is 1. The molecule has 0 radical (unpaired) electrons. The quantitative estimate of drug-likeness (QED) is 0.549. The van der Waals surface area contributed by atoms with E-state index in [9.17, 15) is 4.79 Å². The Hall–Kier alpha value is -3.18. The van der Waals surface area contributed by atoms with E-state index in [1.807, 2.05) is 90.5 Å². The van der Waals surface area contributed by atoms with Crippen molar-refractivity contribution in [2.45, 2.75) is 0 Å². The molecule has 3 aromatic carbocycles. The summed E-state index contributed by atoms with van der Waals surface area (Å²) in [6.07, 6.45) is 0. The lowest BCUT2D eigenvalue weighted by molar-refractivity contribution is 0.0953. The maximum atomic E-state index is 12.4. The molecule has 0 aliphatic heterocycles. The lowest BCUT2D eigenvalue weighted by Crippen LogP contribution is -2.23. The van der Waals surface area contributed by atoms with Crippen LogP contribution in [0.3, 0.4) is 0 Å². The Bertz CT molecular complexity index is 1130. The fraction of sp³-hybridized carbons (Fsp3) is 0.0476. The van der Waals surface area contributed by atoms with Crippen molar-refractivity contribution < 1.29 is 4.79 Å². The zero-order chi connectivity index (χ0) is 17.9. The SMILES string of the molecule is Cn1/c(=N\NC(=O)c2ccc(-c3ccccc3)cc2)sc2ccccc21. The average Bonchev–Trinajstić information content (AvgIpc) is 3.03. The van der Waals surface area contributed by atoms with Crippen molar-refractivity contribution >= 4 is 27.5 Å². The Morgan fingerprint density at radius 2 is 1.54 bits per heavy atom. The summed E-state index contributed by atoms with van der Waals surface area (Å²) in [5.74, 6) is -0.220. The Morgan fingerprint density at radius 3 is 2.27 bits per heavy atom. The molecule has 0 aliphatic rings. The zero-order valence-corrected chi connectivity index (χ0v) is 15.0. The first-order valence-electron chi connectivity index (χ1n) is 8.26. The highest BCUT2D eigenvalue weighted by atomic mass is 32.1. The van der Waals surface area contributed by atoms with E-state index in [4.69, 9.17) is 0 Å². The first-order chi connectivity index (χ1) is 12.7. The average molecular weight is 359 g/mol. The van der Waals surface area contributed by atoms with Crippen LogP contribution in [-0.2, 0) is 7.05 Å². The topological polar surface area (TPSA) is 46.4 Å². The standard InChI is InChI=1S/C21H17N3OS/c1-24-18-9-5-6-10-19(18)26-21(24)23-22-20(25)17-13-11-16(12-14-17)15-7-3-2-4-8-15/h2-14H,1H3,(H,22,25)/b23-21+. The maximum absolute atomic E-state index is 12.4. The highest BCUT2D eigenvalue weighted by molar-refractivity contribution is 7.16. The third-order valence-corrected chi connectivity index (χ3v) is 5.33. The van der Waals surface area contributed by atoms with Gasteiger partial charge >= 0.3 is 0 Å². The number of benzene rings is 3. The molecular weight excluding hydrogens is 342 g/mol. The molecule has 0 bridgehead atoms. The summed E-state index contributed by atoms with van der Waals surface area (Å²) in [4.78, 5) is 13.1. The van der Waals surface area contributed by atoms with Crippen molar-refractivity contribution in [2.24, 2.45) is 12.1 Å². The van der Waals surface area contributed by atoms with Crippen LogP contribution in [0.1, 0.15) is 10.4 Å². The number of para-hydroxylation sites is 1. The maximum Gasteiger partial charge on any atom is 0.271 e. The van der Waals surface area contributed by atoms with Crippen molar-refractivity contribution in [3.8, 4) is 11.1 Å². The van der Waals surface area contributed by atoms with E-state index >= 15 is 0 Å². The van der Waals surface area contributed by atoms with Gasteiger partial charge in [0.05, 0.1) is 10.2 Å². The Kier molecular flexibility index (Phi) is 4.37. The number of aromatic nitrogens is 1. The molecule has 0 fully saturated rings. The van der Waals surface area contributed by atoms with Crippen LogP contribution in [0, 0.1) is 0 Å². The van der Waals surface area contributed by atoms with Crippen molar-refractivity contribution in [3.05, 3.63) is 89.2 Å². The van der Waals surface area contributed by atoms with Gasteiger partial charge in [0.25, 0.3) is 5.91 Å². The van der Waals surface area contributed by atoms with Gasteiger partial charge in [-0.2, -0.15) is 0 Å². The smallest absolute Gasteiger partial charge is 0.271 e. The molecule has 1 aromatic heterocycles. The second-order valence-electron chi connectivity index (χ2n) is 5.91. The second-order valence-corrected chi connectivity index (χ2v) is 6.92. The Morgan fingerprint density at radius 1 is 0.885 bits per heavy atom. The normalized spacial score (nSPS) is 11.7. The van der Waals surface area contributed by atoms with Gasteiger partial charge in [0.1, 0.15) is 0 Å². The van der Waals surface area contributed by atoms with E-state index in [-0.39, 0.29) is 5.91 Å². The van der Waals surface area contributed by atoms with Crippen LogP contribution in [0.5, 0.6) is 0 Å². The number of fused-ring (bicyclic) bond motifs is 1. The number of hydrogen-bond acceptors (Lipinski definition) is 3. The van der Waals surface area contributed by atoms with Gasteiger partial charge in [0.2, 0.25) is 4.80 Å². The number of nitrogens with one attached hydrogen (secondary N) is 1. The van der Waals surface area contributed by atoms with Crippen LogP contribution in [0.4, 0.5) is 0 Å². The molecule has 0 saturated heterocycles. The number of aryl methyl sites for hydroxylation is 1. The molecule has 1 N–H and O–H groups in total. The van der Waals surface area contributed by atoms with Gasteiger partial charge in [0.15, 0.2) is 0 Å². The minimum absolute atomic E-state index is 0.220. The summed E-state index contributed by atoms with van der Waals surface area (Å²) in [6.45, 7) is 0. The Balaban J connectivity index is 1.55. The minimum Gasteiger partial charge on any atom is -0.318 e. The molecule has 4 nitrogen and oxygen atoms in total. The fourth-order valence-electron chi connectivity index (χ4n) is 2.80. The molecule has 128 valence electrons. The summed E-state index contributed by atoms with van der Waals surface area (Å²) >= 11 is 1.54. The van der Waals surface area contributed by atoms with Crippen LogP contribution in [-0.4, -0.2) is 10.5 Å². The lowest BCUT2D eigenvalue weighted by Gasteiger charge is -2.03. The summed E-state index contributed by atoms with van der Waals surface area (Å²) in [5, 5.41) is 4.28. The van der Waals surface area contributed by atoms with Crippen LogP contribution in [0.25, 0.3) is 21.3 Å². The van der Waals surface area contributed by atoms with E-state index in [0.29, 0.717) is 5.56 Å². The van der Waals surface area contributed by atoms with E-state index in [1.54, 1.807) is 11.3 Å². The molecular formula is C21H17N3OS. The number of nitrogens with zero attached hydrogens (tertiary/aromatic N) is 2. The van der Waals surface area contributed by atoms with Crippen molar-refractivity contribution in [2.75, 3.05) is 0 Å². The molecule has 4 aromatic rings. The Labute approximate surface area is 155 Å². The summed E-state index contributed by atoms with van der Waals surface area (Å²) in [6, 6.07) is 25.7. The number of carbonyl (C=O) groups is 1. The predicted molar refractivity (Wildman–Crippen MR) is 106 cm³/mol. The molecule has 26 heavy (non-hydrogen) atoms. The molecule has 0 saturated carbocycles. The number of rotatable bonds is 3. The highest BCUT2D eigenvalue weighted by Crippen LogP contribution is 2.19. The zero-order valence-electron chi connectivity index (χ0n) is 14.2. The van der Waals surface area contributed by atoms with Crippen LogP contribution in [0.15, 0.2) is 84.0 Å². The van der Waals surface area contributed by atoms with Gasteiger partial charge in [0, 0.05) is 12.6 Å². The summed E-state index contributed by atoms with van der Waals surface area (Å²) in [7, 11) is 1.94. The number of thiazole rings is 1. The molecule has 4 rings (SSSR count). The van der Waals surface area contributed by atoms with Crippen molar-refractivity contribution in [1.82, 2.24) is 9.99 Å². The van der Waals surface area contributed by atoms with Gasteiger partial charge in [-0.3, -0.25) is 4.79 Å². The number of amides is 1. The van der Waals surface area contributed by atoms with Gasteiger partial charge < -0.3 is 4.57 Å².